The third kappa shape index (κ3) is 8.29. The minimum atomic E-state index is -1.98. The predicted octanol–water partition coefficient (Wildman–Crippen LogP) is 12.4. The summed E-state index contributed by atoms with van der Waals surface area (Å²) in [5, 5.41) is 0.389. The summed E-state index contributed by atoms with van der Waals surface area (Å²) in [7, 11) is -4.95. The summed E-state index contributed by atoms with van der Waals surface area (Å²) in [6.07, 6.45) is 0. The Labute approximate surface area is 233 Å². The van der Waals surface area contributed by atoms with Crippen LogP contribution in [0, 0.1) is 0 Å². The molecule has 0 unspecified atom stereocenters. The lowest BCUT2D eigenvalue weighted by Gasteiger charge is -2.51. The molecule has 2 nitrogen and oxygen atoms in total. The van der Waals surface area contributed by atoms with Crippen LogP contribution in [-0.4, -0.2) is 31.5 Å². The molecule has 0 aromatic carbocycles. The molecule has 0 aliphatic rings. The SMILES string of the molecule is CC(C)[Si](C)(C(C)C)C(C)C.CC(C)[Si](OCO[Si](C(C)C)(C(C)C)C(C)(C)C)(C(C)C)C(C)(C)C. The van der Waals surface area contributed by atoms with Gasteiger partial charge in [-0.15, -0.1) is 0 Å². The second kappa shape index (κ2) is 14.3. The second-order valence-electron chi connectivity index (χ2n) is 15.9. The minimum absolute atomic E-state index is 0.195. The highest BCUT2D eigenvalue weighted by Gasteiger charge is 2.54. The van der Waals surface area contributed by atoms with Gasteiger partial charge in [0.05, 0.1) is 8.07 Å². The summed E-state index contributed by atoms with van der Waals surface area (Å²) in [5.41, 5.74) is 5.03. The first-order chi connectivity index (χ1) is 15.8. The van der Waals surface area contributed by atoms with Crippen molar-refractivity contribution in [2.24, 2.45) is 0 Å². The highest BCUT2D eigenvalue weighted by Crippen LogP contribution is 2.53. The molecule has 0 aliphatic carbocycles. The Balaban J connectivity index is 0. The van der Waals surface area contributed by atoms with E-state index in [2.05, 4.69) is 145 Å². The van der Waals surface area contributed by atoms with Crippen LogP contribution >= 0.6 is 0 Å². The molecule has 0 radical (unpaired) electrons. The van der Waals surface area contributed by atoms with E-state index in [9.17, 15) is 0 Å². The maximum atomic E-state index is 6.82. The standard InChI is InChI=1S/C21H48O2Si2.C10H24Si/c1-16(2)24(17(3)4,20(9,10)11)22-15-23-25(18(5)6,19(7)8)21(12,13)14;1-8(2)11(7,9(3)4)10(5)6/h16-19H,15H2,1-14H3;8-10H,1-7H3. The van der Waals surface area contributed by atoms with Crippen LogP contribution in [0.3, 0.4) is 0 Å². The number of hydrogen-bond donors (Lipinski definition) is 0. The van der Waals surface area contributed by atoms with Crippen LogP contribution in [0.4, 0.5) is 0 Å². The lowest BCUT2D eigenvalue weighted by molar-refractivity contribution is 0.0778. The van der Waals surface area contributed by atoms with Gasteiger partial charge in [0.2, 0.25) is 16.6 Å². The Kier molecular flexibility index (Phi) is 15.4. The molecule has 0 fully saturated rings. The summed E-state index contributed by atoms with van der Waals surface area (Å²) in [6, 6.07) is 0. The number of rotatable bonds is 11. The van der Waals surface area contributed by atoms with Crippen LogP contribution < -0.4 is 0 Å². The molecule has 0 heterocycles. The first-order valence-electron chi connectivity index (χ1n) is 15.1. The Morgan fingerprint density at radius 2 is 0.611 bits per heavy atom. The molecule has 5 heteroatoms. The van der Waals surface area contributed by atoms with Crippen molar-refractivity contribution >= 4 is 24.7 Å². The zero-order valence-corrected chi connectivity index (χ0v) is 32.1. The Morgan fingerprint density at radius 3 is 0.694 bits per heavy atom. The van der Waals surface area contributed by atoms with Crippen molar-refractivity contribution in [1.29, 1.82) is 0 Å². The maximum Gasteiger partial charge on any atom is 0.206 e. The molecule has 0 amide bonds. The monoisotopic (exact) mass is 560 g/mol. The van der Waals surface area contributed by atoms with Crippen molar-refractivity contribution in [2.45, 2.75) is 194 Å². The molecule has 0 aromatic heterocycles. The third-order valence-electron chi connectivity index (χ3n) is 10.1. The summed E-state index contributed by atoms with van der Waals surface area (Å²) in [5.74, 6) is 0. The van der Waals surface area contributed by atoms with Crippen LogP contribution in [0.15, 0.2) is 0 Å². The molecule has 0 spiro atoms. The predicted molar refractivity (Wildman–Crippen MR) is 175 cm³/mol. The van der Waals surface area contributed by atoms with Gasteiger partial charge in [0.1, 0.15) is 6.79 Å². The van der Waals surface area contributed by atoms with Gasteiger partial charge in [0.15, 0.2) is 0 Å². The lowest BCUT2D eigenvalue weighted by Crippen LogP contribution is -2.56. The molecule has 0 bridgehead atoms. The Bertz CT molecular complexity index is 533. The minimum Gasteiger partial charge on any atom is -0.394 e. The molecule has 0 aliphatic heterocycles. The topological polar surface area (TPSA) is 18.5 Å². The van der Waals surface area contributed by atoms with E-state index >= 15 is 0 Å². The highest BCUT2D eigenvalue weighted by atomic mass is 28.4. The van der Waals surface area contributed by atoms with E-state index in [4.69, 9.17) is 8.85 Å². The van der Waals surface area contributed by atoms with Gasteiger partial charge < -0.3 is 8.85 Å². The molecule has 0 saturated heterocycles. The van der Waals surface area contributed by atoms with E-state index in [0.29, 0.717) is 29.0 Å². The van der Waals surface area contributed by atoms with Crippen LogP contribution in [0.1, 0.15) is 138 Å². The van der Waals surface area contributed by atoms with E-state index in [1.165, 1.54) is 0 Å². The molecule has 220 valence electrons. The molecular formula is C31H72O2Si3. The van der Waals surface area contributed by atoms with Gasteiger partial charge >= 0.3 is 0 Å². The largest absolute Gasteiger partial charge is 0.394 e. The van der Waals surface area contributed by atoms with Gasteiger partial charge in [0, 0.05) is 0 Å². The fourth-order valence-corrected chi connectivity index (χ4v) is 24.5. The normalized spacial score (nSPS) is 14.7. The Morgan fingerprint density at radius 1 is 0.417 bits per heavy atom. The van der Waals surface area contributed by atoms with Crippen LogP contribution in [0.2, 0.25) is 55.4 Å². The summed E-state index contributed by atoms with van der Waals surface area (Å²) < 4.78 is 13.6. The van der Waals surface area contributed by atoms with E-state index < -0.39 is 24.7 Å². The fourth-order valence-electron chi connectivity index (χ4n) is 8.12. The van der Waals surface area contributed by atoms with Gasteiger partial charge in [0.25, 0.3) is 0 Å². The maximum absolute atomic E-state index is 6.82. The molecule has 0 aromatic rings. The molecule has 0 atom stereocenters. The molecular weight excluding hydrogens is 489 g/mol. The van der Waals surface area contributed by atoms with Crippen LogP contribution in [0.5, 0.6) is 0 Å². The van der Waals surface area contributed by atoms with Gasteiger partial charge in [-0.25, -0.2) is 0 Å². The summed E-state index contributed by atoms with van der Waals surface area (Å²) in [6.45, 7) is 50.3. The lowest BCUT2D eigenvalue weighted by atomic mass is 10.2. The fraction of sp³-hybridized carbons (Fsp3) is 1.00. The van der Waals surface area contributed by atoms with Crippen molar-refractivity contribution in [3.05, 3.63) is 0 Å². The Hall–Kier alpha value is 0.571. The van der Waals surface area contributed by atoms with Crippen LogP contribution in [-0.2, 0) is 8.85 Å². The zero-order chi connectivity index (χ0) is 29.7. The van der Waals surface area contributed by atoms with Gasteiger partial charge in [-0.05, 0) is 32.2 Å². The number of hydrogen-bond acceptors (Lipinski definition) is 2. The molecule has 36 heavy (non-hydrogen) atoms. The van der Waals surface area contributed by atoms with Crippen molar-refractivity contribution in [2.75, 3.05) is 6.79 Å². The van der Waals surface area contributed by atoms with E-state index in [1.54, 1.807) is 0 Å². The van der Waals surface area contributed by atoms with Gasteiger partial charge in [-0.1, -0.05) is 162 Å². The average Bonchev–Trinajstić information content (AvgIpc) is 2.63. The van der Waals surface area contributed by atoms with E-state index in [0.717, 1.165) is 16.6 Å². The van der Waals surface area contributed by atoms with E-state index in [-0.39, 0.29) is 10.1 Å². The van der Waals surface area contributed by atoms with Crippen molar-refractivity contribution < 1.29 is 8.85 Å². The van der Waals surface area contributed by atoms with Crippen molar-refractivity contribution in [1.82, 2.24) is 0 Å². The molecule has 0 rings (SSSR count). The van der Waals surface area contributed by atoms with Gasteiger partial charge in [-0.2, -0.15) is 0 Å². The van der Waals surface area contributed by atoms with Crippen molar-refractivity contribution in [3.63, 3.8) is 0 Å². The summed E-state index contributed by atoms with van der Waals surface area (Å²) >= 11 is 0. The quantitative estimate of drug-likeness (QED) is 0.185. The summed E-state index contributed by atoms with van der Waals surface area (Å²) in [4.78, 5) is 0. The third-order valence-corrected chi connectivity index (χ3v) is 30.3. The highest BCUT2D eigenvalue weighted by molar-refractivity contribution is 6.82. The first kappa shape index (κ1) is 38.7. The van der Waals surface area contributed by atoms with Crippen molar-refractivity contribution in [3.8, 4) is 0 Å². The average molecular weight is 561 g/mol. The molecule has 0 N–H and O–H groups in total. The zero-order valence-electron chi connectivity index (χ0n) is 29.1. The van der Waals surface area contributed by atoms with Gasteiger partial charge in [-0.3, -0.25) is 0 Å². The molecule has 0 saturated carbocycles. The van der Waals surface area contributed by atoms with E-state index in [1.807, 2.05) is 0 Å². The van der Waals surface area contributed by atoms with Crippen LogP contribution in [0.25, 0.3) is 0 Å². The smallest absolute Gasteiger partial charge is 0.206 e. The first-order valence-corrected chi connectivity index (χ1v) is 21.9. The second-order valence-corrected chi connectivity index (χ2v) is 33.5.